The second-order valence-corrected chi connectivity index (χ2v) is 5.30. The Kier molecular flexibility index (Phi) is 4.85. The number of ether oxygens (including phenoxy) is 1. The number of hydrogen-bond acceptors (Lipinski definition) is 3. The Morgan fingerprint density at radius 2 is 2.26 bits per heavy atom. The zero-order valence-corrected chi connectivity index (χ0v) is 11.9. The van der Waals surface area contributed by atoms with Crippen molar-refractivity contribution in [3.05, 3.63) is 35.1 Å². The summed E-state index contributed by atoms with van der Waals surface area (Å²) in [5.41, 5.74) is 6.75. The third-order valence-corrected chi connectivity index (χ3v) is 3.59. The highest BCUT2D eigenvalue weighted by Crippen LogP contribution is 2.28. The SMILES string of the molecule is COCCN(Cc1ccc(C(N)=S)cc1F)C1CC1. The van der Waals surface area contributed by atoms with Crippen LogP contribution in [-0.4, -0.2) is 36.2 Å². The second kappa shape index (κ2) is 6.41. The Hall–Kier alpha value is -1.04. The number of rotatable bonds is 7. The fraction of sp³-hybridized carbons (Fsp3) is 0.500. The van der Waals surface area contributed by atoms with Crippen LogP contribution in [0.25, 0.3) is 0 Å². The summed E-state index contributed by atoms with van der Waals surface area (Å²) in [7, 11) is 1.68. The normalized spacial score (nSPS) is 14.9. The number of methoxy groups -OCH3 is 1. The summed E-state index contributed by atoms with van der Waals surface area (Å²) in [6, 6.07) is 5.54. The number of benzene rings is 1. The molecule has 2 N–H and O–H groups in total. The molecule has 19 heavy (non-hydrogen) atoms. The molecule has 1 saturated carbocycles. The van der Waals surface area contributed by atoms with E-state index in [1.54, 1.807) is 19.2 Å². The maximum atomic E-state index is 14.0. The molecule has 1 aliphatic rings. The first-order chi connectivity index (χ1) is 9.11. The molecule has 0 amide bonds. The van der Waals surface area contributed by atoms with Crippen molar-refractivity contribution >= 4 is 17.2 Å². The highest BCUT2D eigenvalue weighted by Gasteiger charge is 2.29. The van der Waals surface area contributed by atoms with E-state index in [0.717, 1.165) is 6.54 Å². The maximum Gasteiger partial charge on any atom is 0.128 e. The van der Waals surface area contributed by atoms with Gasteiger partial charge >= 0.3 is 0 Å². The van der Waals surface area contributed by atoms with Crippen LogP contribution in [0.5, 0.6) is 0 Å². The average Bonchev–Trinajstić information content (AvgIpc) is 3.20. The van der Waals surface area contributed by atoms with Crippen LogP contribution in [0, 0.1) is 5.82 Å². The lowest BCUT2D eigenvalue weighted by Gasteiger charge is -2.22. The van der Waals surface area contributed by atoms with E-state index in [9.17, 15) is 4.39 Å². The van der Waals surface area contributed by atoms with Crippen molar-refractivity contribution in [1.29, 1.82) is 0 Å². The quantitative estimate of drug-likeness (QED) is 0.777. The summed E-state index contributed by atoms with van der Waals surface area (Å²) >= 11 is 4.85. The lowest BCUT2D eigenvalue weighted by atomic mass is 10.1. The molecule has 0 atom stereocenters. The van der Waals surface area contributed by atoms with Crippen LogP contribution in [0.3, 0.4) is 0 Å². The van der Waals surface area contributed by atoms with Crippen LogP contribution in [0.2, 0.25) is 0 Å². The zero-order valence-electron chi connectivity index (χ0n) is 11.1. The fourth-order valence-corrected chi connectivity index (χ4v) is 2.21. The van der Waals surface area contributed by atoms with Crippen LogP contribution in [-0.2, 0) is 11.3 Å². The van der Waals surface area contributed by atoms with Crippen molar-refractivity contribution in [2.75, 3.05) is 20.3 Å². The first-order valence-electron chi connectivity index (χ1n) is 6.43. The van der Waals surface area contributed by atoms with E-state index in [0.29, 0.717) is 30.3 Å². The van der Waals surface area contributed by atoms with Gasteiger partial charge in [0.2, 0.25) is 0 Å². The molecule has 0 saturated heterocycles. The third kappa shape index (κ3) is 3.96. The van der Waals surface area contributed by atoms with Gasteiger partial charge in [-0.1, -0.05) is 24.4 Å². The number of hydrogen-bond donors (Lipinski definition) is 1. The van der Waals surface area contributed by atoms with Crippen molar-refractivity contribution in [2.24, 2.45) is 5.73 Å². The average molecular weight is 282 g/mol. The number of nitrogens with zero attached hydrogens (tertiary/aromatic N) is 1. The van der Waals surface area contributed by atoms with Gasteiger partial charge in [-0.3, -0.25) is 4.90 Å². The predicted octanol–water partition coefficient (Wildman–Crippen LogP) is 2.07. The van der Waals surface area contributed by atoms with Crippen LogP contribution in [0.4, 0.5) is 4.39 Å². The molecule has 3 nitrogen and oxygen atoms in total. The van der Waals surface area contributed by atoms with Gasteiger partial charge in [-0.2, -0.15) is 0 Å². The van der Waals surface area contributed by atoms with Gasteiger partial charge in [0.1, 0.15) is 10.8 Å². The van der Waals surface area contributed by atoms with E-state index >= 15 is 0 Å². The van der Waals surface area contributed by atoms with E-state index < -0.39 is 0 Å². The standard InChI is InChI=1S/C14H19FN2OS/c1-18-7-6-17(12-4-5-12)9-11-3-2-10(14(16)19)8-13(11)15/h2-3,8,12H,4-7,9H2,1H3,(H2,16,19). The smallest absolute Gasteiger partial charge is 0.128 e. The van der Waals surface area contributed by atoms with Crippen molar-refractivity contribution in [3.63, 3.8) is 0 Å². The number of thiocarbonyl (C=S) groups is 1. The van der Waals surface area contributed by atoms with Crippen molar-refractivity contribution < 1.29 is 9.13 Å². The Morgan fingerprint density at radius 3 is 2.79 bits per heavy atom. The van der Waals surface area contributed by atoms with Gasteiger partial charge in [0, 0.05) is 37.4 Å². The lowest BCUT2D eigenvalue weighted by Crippen LogP contribution is -2.29. The minimum absolute atomic E-state index is 0.226. The predicted molar refractivity (Wildman–Crippen MR) is 77.6 cm³/mol. The summed E-state index contributed by atoms with van der Waals surface area (Å²) in [4.78, 5) is 2.49. The molecule has 0 aromatic heterocycles. The van der Waals surface area contributed by atoms with Crippen molar-refractivity contribution in [1.82, 2.24) is 4.90 Å². The molecule has 0 radical (unpaired) electrons. The molecule has 0 spiro atoms. The molecule has 1 aromatic carbocycles. The van der Waals surface area contributed by atoms with Gasteiger partial charge in [0.25, 0.3) is 0 Å². The van der Waals surface area contributed by atoms with Crippen LogP contribution in [0.1, 0.15) is 24.0 Å². The first kappa shape index (κ1) is 14.4. The highest BCUT2D eigenvalue weighted by atomic mass is 32.1. The van der Waals surface area contributed by atoms with Crippen molar-refractivity contribution in [3.8, 4) is 0 Å². The van der Waals surface area contributed by atoms with E-state index in [1.807, 2.05) is 0 Å². The summed E-state index contributed by atoms with van der Waals surface area (Å²) in [5, 5.41) is 0. The van der Waals surface area contributed by atoms with Gasteiger partial charge in [0.15, 0.2) is 0 Å². The molecule has 0 heterocycles. The van der Waals surface area contributed by atoms with E-state index in [-0.39, 0.29) is 10.8 Å². The molecule has 0 bridgehead atoms. The Morgan fingerprint density at radius 1 is 1.53 bits per heavy atom. The summed E-state index contributed by atoms with van der Waals surface area (Å²) < 4.78 is 19.1. The molecule has 5 heteroatoms. The molecule has 0 aliphatic heterocycles. The van der Waals surface area contributed by atoms with Crippen LogP contribution < -0.4 is 5.73 Å². The molecule has 1 aliphatic carbocycles. The lowest BCUT2D eigenvalue weighted by molar-refractivity contribution is 0.139. The molecule has 1 aromatic rings. The Labute approximate surface area is 118 Å². The highest BCUT2D eigenvalue weighted by molar-refractivity contribution is 7.80. The van der Waals surface area contributed by atoms with E-state index in [2.05, 4.69) is 4.90 Å². The fourth-order valence-electron chi connectivity index (χ4n) is 2.09. The third-order valence-electron chi connectivity index (χ3n) is 3.36. The monoisotopic (exact) mass is 282 g/mol. The van der Waals surface area contributed by atoms with Crippen molar-refractivity contribution in [2.45, 2.75) is 25.4 Å². The number of nitrogens with two attached hydrogens (primary N) is 1. The summed E-state index contributed by atoms with van der Waals surface area (Å²) in [5.74, 6) is -0.242. The molecule has 0 unspecified atom stereocenters. The van der Waals surface area contributed by atoms with Gasteiger partial charge in [-0.15, -0.1) is 0 Å². The minimum Gasteiger partial charge on any atom is -0.389 e. The molecular weight excluding hydrogens is 263 g/mol. The molecule has 1 fully saturated rings. The maximum absolute atomic E-state index is 14.0. The largest absolute Gasteiger partial charge is 0.389 e. The zero-order chi connectivity index (χ0) is 13.8. The minimum atomic E-state index is -0.242. The Balaban J connectivity index is 2.06. The van der Waals surface area contributed by atoms with E-state index in [1.165, 1.54) is 18.9 Å². The van der Waals surface area contributed by atoms with Gasteiger partial charge in [-0.25, -0.2) is 4.39 Å². The number of halogens is 1. The van der Waals surface area contributed by atoms with E-state index in [4.69, 9.17) is 22.7 Å². The first-order valence-corrected chi connectivity index (χ1v) is 6.84. The second-order valence-electron chi connectivity index (χ2n) is 4.86. The molecule has 104 valence electrons. The Bertz CT molecular complexity index is 463. The van der Waals surface area contributed by atoms with Crippen LogP contribution >= 0.6 is 12.2 Å². The van der Waals surface area contributed by atoms with Gasteiger partial charge < -0.3 is 10.5 Å². The summed E-state index contributed by atoms with van der Waals surface area (Å²) in [6.45, 7) is 2.11. The van der Waals surface area contributed by atoms with Crippen LogP contribution in [0.15, 0.2) is 18.2 Å². The molecular formula is C14H19FN2OS. The van der Waals surface area contributed by atoms with Gasteiger partial charge in [-0.05, 0) is 18.9 Å². The molecule has 2 rings (SSSR count). The van der Waals surface area contributed by atoms with Gasteiger partial charge in [0.05, 0.1) is 6.61 Å². The summed E-state index contributed by atoms with van der Waals surface area (Å²) in [6.07, 6.45) is 2.38. The topological polar surface area (TPSA) is 38.5 Å².